The van der Waals surface area contributed by atoms with Gasteiger partial charge in [-0.15, -0.1) is 0 Å². The van der Waals surface area contributed by atoms with Gasteiger partial charge < -0.3 is 4.84 Å². The van der Waals surface area contributed by atoms with Gasteiger partial charge in [-0.1, -0.05) is 53.7 Å². The fourth-order valence-electron chi connectivity index (χ4n) is 3.07. The molecule has 0 saturated heterocycles. The minimum absolute atomic E-state index is 0.280. The van der Waals surface area contributed by atoms with Gasteiger partial charge in [0.2, 0.25) is 5.91 Å². The fraction of sp³-hybridized carbons (Fsp3) is 0.300. The number of carbonyl (C=O) groups excluding carboxylic acids is 1. The van der Waals surface area contributed by atoms with E-state index in [9.17, 15) is 4.79 Å². The first-order chi connectivity index (χ1) is 12.3. The average Bonchev–Trinajstić information content (AvgIpc) is 2.81. The molecule has 0 spiro atoms. The molecule has 2 aromatic rings. The second-order valence-electron chi connectivity index (χ2n) is 6.08. The van der Waals surface area contributed by atoms with Gasteiger partial charge in [0.15, 0.2) is 0 Å². The van der Waals surface area contributed by atoms with Crippen LogP contribution in [-0.4, -0.2) is 23.4 Å². The van der Waals surface area contributed by atoms with Crippen LogP contribution in [0.25, 0.3) is 0 Å². The van der Waals surface area contributed by atoms with Crippen molar-refractivity contribution in [2.45, 2.75) is 32.1 Å². The summed E-state index contributed by atoms with van der Waals surface area (Å²) >= 11 is 0. The van der Waals surface area contributed by atoms with E-state index in [0.717, 1.165) is 29.7 Å². The first kappa shape index (κ1) is 17.2. The molecule has 0 radical (unpaired) electrons. The highest BCUT2D eigenvalue weighted by Crippen LogP contribution is 2.25. The second kappa shape index (κ2) is 8.44. The highest BCUT2D eigenvalue weighted by atomic mass is 16.6. The van der Waals surface area contributed by atoms with Gasteiger partial charge in [-0.25, -0.2) is 5.48 Å². The number of rotatable bonds is 6. The first-order valence-electron chi connectivity index (χ1n) is 8.59. The molecule has 1 aliphatic rings. The molecule has 130 valence electrons. The Labute approximate surface area is 147 Å². The summed E-state index contributed by atoms with van der Waals surface area (Å²) in [6.45, 7) is 0.437. The van der Waals surface area contributed by atoms with Gasteiger partial charge in [0.05, 0.1) is 0 Å². The van der Waals surface area contributed by atoms with Gasteiger partial charge in [0.1, 0.15) is 12.3 Å². The van der Waals surface area contributed by atoms with Crippen molar-refractivity contribution in [3.05, 3.63) is 70.8 Å². The van der Waals surface area contributed by atoms with Crippen molar-refractivity contribution < 1.29 is 14.8 Å². The van der Waals surface area contributed by atoms with Crippen molar-refractivity contribution in [2.75, 3.05) is 6.61 Å². The van der Waals surface area contributed by atoms with Crippen molar-refractivity contribution in [3.63, 3.8) is 0 Å². The summed E-state index contributed by atoms with van der Waals surface area (Å²) in [5, 5.41) is 12.9. The number of oxime groups is 1. The minimum atomic E-state index is -0.377. The fourth-order valence-corrected chi connectivity index (χ4v) is 3.07. The second-order valence-corrected chi connectivity index (χ2v) is 6.08. The van der Waals surface area contributed by atoms with Crippen LogP contribution >= 0.6 is 0 Å². The Hall–Kier alpha value is -2.66. The summed E-state index contributed by atoms with van der Waals surface area (Å²) < 4.78 is 0. The predicted molar refractivity (Wildman–Crippen MR) is 95.7 cm³/mol. The Morgan fingerprint density at radius 2 is 1.60 bits per heavy atom. The van der Waals surface area contributed by atoms with Gasteiger partial charge in [0, 0.05) is 17.5 Å². The molecule has 0 aliphatic heterocycles. The van der Waals surface area contributed by atoms with E-state index in [1.54, 1.807) is 5.48 Å². The Bertz CT molecular complexity index is 722. The number of hydrogen-bond acceptors (Lipinski definition) is 4. The molecule has 1 aliphatic carbocycles. The Morgan fingerprint density at radius 3 is 2.20 bits per heavy atom. The molecule has 0 saturated carbocycles. The molecular weight excluding hydrogens is 316 g/mol. The number of unbranched alkanes of at least 4 members (excludes halogenated alkanes) is 1. The van der Waals surface area contributed by atoms with Crippen LogP contribution in [0.2, 0.25) is 0 Å². The average molecular weight is 338 g/mol. The summed E-state index contributed by atoms with van der Waals surface area (Å²) in [5.41, 5.74) is 7.29. The number of nitrogens with zero attached hydrogens (tertiary/aromatic N) is 1. The highest BCUT2D eigenvalue weighted by molar-refractivity contribution is 6.14. The van der Waals surface area contributed by atoms with Gasteiger partial charge >= 0.3 is 0 Å². The molecule has 2 aromatic carbocycles. The zero-order valence-electron chi connectivity index (χ0n) is 14.1. The molecule has 5 heteroatoms. The molecule has 0 aromatic heterocycles. The zero-order chi connectivity index (χ0) is 17.5. The molecule has 0 fully saturated rings. The van der Waals surface area contributed by atoms with Crippen LogP contribution in [0, 0.1) is 0 Å². The Kier molecular flexibility index (Phi) is 5.80. The smallest absolute Gasteiger partial charge is 0.243 e. The molecule has 3 rings (SSSR count). The lowest BCUT2D eigenvalue weighted by Gasteiger charge is -2.10. The maximum atomic E-state index is 11.0. The largest absolute Gasteiger partial charge is 0.395 e. The van der Waals surface area contributed by atoms with E-state index in [-0.39, 0.29) is 12.3 Å². The van der Waals surface area contributed by atoms with E-state index < -0.39 is 0 Å². The van der Waals surface area contributed by atoms with Crippen molar-refractivity contribution in [2.24, 2.45) is 5.16 Å². The molecule has 2 N–H and O–H groups in total. The van der Waals surface area contributed by atoms with Crippen LogP contribution in [0.15, 0.2) is 53.7 Å². The van der Waals surface area contributed by atoms with Crippen molar-refractivity contribution in [1.29, 1.82) is 0 Å². The molecular formula is C20H22N2O3. The van der Waals surface area contributed by atoms with E-state index in [4.69, 9.17) is 10.0 Å². The number of hydroxylamine groups is 1. The molecule has 0 unspecified atom stereocenters. The summed E-state index contributed by atoms with van der Waals surface area (Å²) in [7, 11) is 0. The van der Waals surface area contributed by atoms with E-state index in [0.29, 0.717) is 19.4 Å². The van der Waals surface area contributed by atoms with Crippen LogP contribution < -0.4 is 5.48 Å². The first-order valence-corrected chi connectivity index (χ1v) is 8.59. The van der Waals surface area contributed by atoms with Crippen LogP contribution in [0.5, 0.6) is 0 Å². The quantitative estimate of drug-likeness (QED) is 0.483. The lowest BCUT2D eigenvalue weighted by Crippen LogP contribution is -2.17. The number of fused-ring (bicyclic) bond motifs is 2. The van der Waals surface area contributed by atoms with Crippen LogP contribution in [0.4, 0.5) is 0 Å². The van der Waals surface area contributed by atoms with E-state index in [1.807, 2.05) is 12.1 Å². The maximum absolute atomic E-state index is 11.0. The van der Waals surface area contributed by atoms with Crippen molar-refractivity contribution in [3.8, 4) is 0 Å². The Balaban J connectivity index is 1.74. The number of carbonyl (C=O) groups is 1. The number of amides is 1. The van der Waals surface area contributed by atoms with E-state index in [1.165, 1.54) is 11.1 Å². The standard InChI is InChI=1S/C20H22N2O3/c23-19(21-24)11-5-6-14-25-22-20-17-9-3-1-7-15(17)12-13-16-8-2-4-10-18(16)20/h1-4,7-10,24H,5-6,11-14H2,(H,21,23). The van der Waals surface area contributed by atoms with Crippen LogP contribution in [-0.2, 0) is 22.5 Å². The van der Waals surface area contributed by atoms with Gasteiger partial charge in [-0.3, -0.25) is 10.0 Å². The lowest BCUT2D eigenvalue weighted by molar-refractivity contribution is -0.129. The topological polar surface area (TPSA) is 70.9 Å². The lowest BCUT2D eigenvalue weighted by atomic mass is 9.98. The third-order valence-corrected chi connectivity index (χ3v) is 4.38. The third-order valence-electron chi connectivity index (χ3n) is 4.38. The van der Waals surface area contributed by atoms with Crippen LogP contribution in [0.1, 0.15) is 41.5 Å². The molecule has 0 atom stereocenters. The highest BCUT2D eigenvalue weighted by Gasteiger charge is 2.19. The summed E-state index contributed by atoms with van der Waals surface area (Å²) in [4.78, 5) is 16.5. The third kappa shape index (κ3) is 4.25. The summed E-state index contributed by atoms with van der Waals surface area (Å²) in [5.74, 6) is -0.377. The maximum Gasteiger partial charge on any atom is 0.243 e. The SMILES string of the molecule is O=C(CCCCON=C1c2ccccc2CCc2ccccc21)NO. The van der Waals surface area contributed by atoms with E-state index >= 15 is 0 Å². The Morgan fingerprint density at radius 1 is 1.00 bits per heavy atom. The molecule has 25 heavy (non-hydrogen) atoms. The van der Waals surface area contributed by atoms with E-state index in [2.05, 4.69) is 41.6 Å². The molecule has 1 amide bonds. The molecule has 0 bridgehead atoms. The van der Waals surface area contributed by atoms with Gasteiger partial charge in [-0.2, -0.15) is 0 Å². The molecule has 0 heterocycles. The zero-order valence-corrected chi connectivity index (χ0v) is 14.1. The van der Waals surface area contributed by atoms with Crippen molar-refractivity contribution in [1.82, 2.24) is 5.48 Å². The van der Waals surface area contributed by atoms with Gasteiger partial charge in [-0.05, 0) is 36.8 Å². The minimum Gasteiger partial charge on any atom is -0.395 e. The number of benzene rings is 2. The molecule has 5 nitrogen and oxygen atoms in total. The number of hydrogen-bond donors (Lipinski definition) is 2. The predicted octanol–water partition coefficient (Wildman–Crippen LogP) is 3.23. The summed E-state index contributed by atoms with van der Waals surface area (Å²) in [6, 6.07) is 16.6. The van der Waals surface area contributed by atoms with Crippen molar-refractivity contribution >= 4 is 11.6 Å². The summed E-state index contributed by atoms with van der Waals surface area (Å²) in [6.07, 6.45) is 3.60. The van der Waals surface area contributed by atoms with Gasteiger partial charge in [0.25, 0.3) is 0 Å². The normalized spacial score (nSPS) is 12.6. The van der Waals surface area contributed by atoms with Crippen LogP contribution in [0.3, 0.4) is 0 Å². The number of nitrogens with one attached hydrogen (secondary N) is 1. The number of aryl methyl sites for hydroxylation is 2. The monoisotopic (exact) mass is 338 g/mol.